The van der Waals surface area contributed by atoms with Gasteiger partial charge < -0.3 is 14.2 Å². The molecule has 2 rings (SSSR count). The maximum Gasteiger partial charge on any atom is 0.342 e. The highest BCUT2D eigenvalue weighted by Gasteiger charge is 2.22. The van der Waals surface area contributed by atoms with Gasteiger partial charge in [0.05, 0.1) is 19.8 Å². The van der Waals surface area contributed by atoms with Crippen molar-refractivity contribution in [2.75, 3.05) is 46.1 Å². The molecular formula is C19H29NO4. The summed E-state index contributed by atoms with van der Waals surface area (Å²) < 4.78 is 16.7. The molecule has 0 unspecified atom stereocenters. The quantitative estimate of drug-likeness (QED) is 0.717. The Bertz CT molecular complexity index is 551. The smallest absolute Gasteiger partial charge is 0.342 e. The van der Waals surface area contributed by atoms with Crippen LogP contribution in [0.3, 0.4) is 0 Å². The molecule has 0 atom stereocenters. The van der Waals surface area contributed by atoms with Crippen LogP contribution in [0, 0.1) is 6.92 Å². The van der Waals surface area contributed by atoms with Crippen molar-refractivity contribution in [2.24, 2.45) is 0 Å². The van der Waals surface area contributed by atoms with E-state index in [9.17, 15) is 4.79 Å². The average Bonchev–Trinajstić information content (AvgIpc) is 2.56. The molecule has 5 nitrogen and oxygen atoms in total. The zero-order valence-electron chi connectivity index (χ0n) is 15.3. The third kappa shape index (κ3) is 4.71. The van der Waals surface area contributed by atoms with E-state index in [0.29, 0.717) is 24.5 Å². The molecule has 0 saturated carbocycles. The van der Waals surface area contributed by atoms with E-state index in [1.807, 2.05) is 26.0 Å². The molecule has 0 aliphatic carbocycles. The van der Waals surface area contributed by atoms with Crippen LogP contribution in [0.4, 0.5) is 0 Å². The molecule has 0 aromatic heterocycles. The van der Waals surface area contributed by atoms with Gasteiger partial charge in [0.1, 0.15) is 17.9 Å². The lowest BCUT2D eigenvalue weighted by molar-refractivity contribution is 0.0319. The minimum atomic E-state index is -0.307. The molecule has 0 N–H and O–H groups in total. The van der Waals surface area contributed by atoms with Crippen molar-refractivity contribution in [1.29, 1.82) is 0 Å². The average molecular weight is 335 g/mol. The third-order valence-corrected chi connectivity index (χ3v) is 4.26. The summed E-state index contributed by atoms with van der Waals surface area (Å²) in [5.74, 6) is 0.646. The minimum Gasteiger partial charge on any atom is -0.491 e. The molecular weight excluding hydrogens is 306 g/mol. The summed E-state index contributed by atoms with van der Waals surface area (Å²) in [5.41, 5.74) is 2.50. The fourth-order valence-electron chi connectivity index (χ4n) is 2.87. The highest BCUT2D eigenvalue weighted by Crippen LogP contribution is 2.33. The van der Waals surface area contributed by atoms with Gasteiger partial charge in [-0.1, -0.05) is 26.0 Å². The maximum absolute atomic E-state index is 12.4. The Labute approximate surface area is 144 Å². The predicted molar refractivity (Wildman–Crippen MR) is 94.0 cm³/mol. The lowest BCUT2D eigenvalue weighted by Crippen LogP contribution is -2.38. The summed E-state index contributed by atoms with van der Waals surface area (Å²) in [6.07, 6.45) is 0. The van der Waals surface area contributed by atoms with Crippen molar-refractivity contribution in [3.8, 4) is 5.75 Å². The molecule has 1 aliphatic heterocycles. The van der Waals surface area contributed by atoms with E-state index in [4.69, 9.17) is 14.2 Å². The molecule has 24 heavy (non-hydrogen) atoms. The SMILES string of the molecule is CCOC(=O)c1c(C)ccc(C(C)C)c1OCCN1CCOCC1. The van der Waals surface area contributed by atoms with Gasteiger partial charge in [-0.15, -0.1) is 0 Å². The van der Waals surface area contributed by atoms with Gasteiger partial charge in [-0.05, 0) is 30.9 Å². The third-order valence-electron chi connectivity index (χ3n) is 4.26. The molecule has 0 bridgehead atoms. The van der Waals surface area contributed by atoms with E-state index in [0.717, 1.165) is 44.0 Å². The number of nitrogens with zero attached hydrogens (tertiary/aromatic N) is 1. The van der Waals surface area contributed by atoms with E-state index in [1.165, 1.54) is 0 Å². The van der Waals surface area contributed by atoms with Crippen molar-refractivity contribution in [3.63, 3.8) is 0 Å². The Balaban J connectivity index is 2.17. The number of aryl methyl sites for hydroxylation is 1. The first kappa shape index (κ1) is 18.7. The summed E-state index contributed by atoms with van der Waals surface area (Å²) in [5, 5.41) is 0. The van der Waals surface area contributed by atoms with Crippen LogP contribution in [0.15, 0.2) is 12.1 Å². The van der Waals surface area contributed by atoms with E-state index in [2.05, 4.69) is 18.7 Å². The fraction of sp³-hybridized carbons (Fsp3) is 0.632. The molecule has 1 aliphatic rings. The number of morpholine rings is 1. The number of hydrogen-bond acceptors (Lipinski definition) is 5. The largest absolute Gasteiger partial charge is 0.491 e. The second-order valence-electron chi connectivity index (χ2n) is 6.35. The van der Waals surface area contributed by atoms with Gasteiger partial charge in [-0.25, -0.2) is 4.79 Å². The lowest BCUT2D eigenvalue weighted by Gasteiger charge is -2.27. The maximum atomic E-state index is 12.4. The zero-order valence-corrected chi connectivity index (χ0v) is 15.3. The van der Waals surface area contributed by atoms with E-state index < -0.39 is 0 Å². The fourth-order valence-corrected chi connectivity index (χ4v) is 2.87. The van der Waals surface area contributed by atoms with Gasteiger partial charge in [0, 0.05) is 19.6 Å². The molecule has 1 aromatic rings. The first-order valence-corrected chi connectivity index (χ1v) is 8.78. The van der Waals surface area contributed by atoms with Gasteiger partial charge in [0.25, 0.3) is 0 Å². The highest BCUT2D eigenvalue weighted by molar-refractivity contribution is 5.94. The summed E-state index contributed by atoms with van der Waals surface area (Å²) in [4.78, 5) is 14.7. The monoisotopic (exact) mass is 335 g/mol. The van der Waals surface area contributed by atoms with Crippen LogP contribution < -0.4 is 4.74 Å². The van der Waals surface area contributed by atoms with Crippen LogP contribution in [0.5, 0.6) is 5.75 Å². The normalized spacial score (nSPS) is 15.5. The summed E-state index contributed by atoms with van der Waals surface area (Å²) >= 11 is 0. The van der Waals surface area contributed by atoms with Crippen molar-refractivity contribution < 1.29 is 19.0 Å². The Morgan fingerprint density at radius 3 is 2.62 bits per heavy atom. The summed E-state index contributed by atoms with van der Waals surface area (Å²) in [6.45, 7) is 13.1. The summed E-state index contributed by atoms with van der Waals surface area (Å²) in [6, 6.07) is 4.02. The van der Waals surface area contributed by atoms with Crippen LogP contribution in [0.2, 0.25) is 0 Å². The molecule has 1 saturated heterocycles. The number of hydrogen-bond donors (Lipinski definition) is 0. The second kappa shape index (κ2) is 9.04. The van der Waals surface area contributed by atoms with Gasteiger partial charge >= 0.3 is 5.97 Å². The molecule has 5 heteroatoms. The van der Waals surface area contributed by atoms with Gasteiger partial charge in [0.15, 0.2) is 0 Å². The van der Waals surface area contributed by atoms with Crippen molar-refractivity contribution in [3.05, 3.63) is 28.8 Å². The van der Waals surface area contributed by atoms with E-state index in [-0.39, 0.29) is 11.9 Å². The molecule has 134 valence electrons. The molecule has 0 amide bonds. The number of carbonyl (C=O) groups is 1. The van der Waals surface area contributed by atoms with Gasteiger partial charge in [-0.3, -0.25) is 4.90 Å². The van der Waals surface area contributed by atoms with Crippen molar-refractivity contribution >= 4 is 5.97 Å². The van der Waals surface area contributed by atoms with Gasteiger partial charge in [0.2, 0.25) is 0 Å². The predicted octanol–water partition coefficient (Wildman–Crippen LogP) is 3.01. The van der Waals surface area contributed by atoms with E-state index in [1.54, 1.807) is 0 Å². The van der Waals surface area contributed by atoms with Crippen LogP contribution in [0.1, 0.15) is 48.2 Å². The van der Waals surface area contributed by atoms with Crippen LogP contribution in [-0.4, -0.2) is 56.9 Å². The first-order chi connectivity index (χ1) is 11.5. The van der Waals surface area contributed by atoms with Crippen molar-refractivity contribution in [2.45, 2.75) is 33.6 Å². The molecule has 0 spiro atoms. The molecule has 0 radical (unpaired) electrons. The highest BCUT2D eigenvalue weighted by atomic mass is 16.5. The summed E-state index contributed by atoms with van der Waals surface area (Å²) in [7, 11) is 0. The Morgan fingerprint density at radius 2 is 2.00 bits per heavy atom. The van der Waals surface area contributed by atoms with Gasteiger partial charge in [-0.2, -0.15) is 0 Å². The number of esters is 1. The van der Waals surface area contributed by atoms with Crippen molar-refractivity contribution in [1.82, 2.24) is 4.90 Å². The molecule has 1 fully saturated rings. The minimum absolute atomic E-state index is 0.275. The second-order valence-corrected chi connectivity index (χ2v) is 6.35. The number of carbonyl (C=O) groups excluding carboxylic acids is 1. The number of rotatable bonds is 7. The van der Waals surface area contributed by atoms with Crippen LogP contribution in [-0.2, 0) is 9.47 Å². The van der Waals surface area contributed by atoms with Crippen LogP contribution in [0.25, 0.3) is 0 Å². The molecule has 1 aromatic carbocycles. The first-order valence-electron chi connectivity index (χ1n) is 8.78. The van der Waals surface area contributed by atoms with E-state index >= 15 is 0 Å². The number of ether oxygens (including phenoxy) is 3. The standard InChI is InChI=1S/C19H29NO4/c1-5-23-19(21)17-15(4)6-7-16(14(2)3)18(17)24-13-10-20-8-11-22-12-9-20/h6-7,14H,5,8-13H2,1-4H3. The Morgan fingerprint density at radius 1 is 1.29 bits per heavy atom. The number of benzene rings is 1. The zero-order chi connectivity index (χ0) is 17.5. The topological polar surface area (TPSA) is 48.0 Å². The molecule has 1 heterocycles. The Kier molecular flexibility index (Phi) is 7.06. The Hall–Kier alpha value is -1.59. The van der Waals surface area contributed by atoms with Crippen LogP contribution >= 0.6 is 0 Å². The lowest BCUT2D eigenvalue weighted by atomic mass is 9.96.